The summed E-state index contributed by atoms with van der Waals surface area (Å²) in [4.78, 5) is 21.0. The Hall–Kier alpha value is -2.61. The minimum Gasteiger partial charge on any atom is -0.457 e. The minimum absolute atomic E-state index is 0. The van der Waals surface area contributed by atoms with Gasteiger partial charge in [0.15, 0.2) is 0 Å². The second kappa shape index (κ2) is 11.4. The number of H-pyrrole nitrogens is 1. The number of hydrogen-bond donors (Lipinski definition) is 2. The second-order valence-corrected chi connectivity index (χ2v) is 6.12. The van der Waals surface area contributed by atoms with Gasteiger partial charge in [0.25, 0.3) is 5.91 Å². The van der Waals surface area contributed by atoms with Crippen LogP contribution in [0, 0.1) is 5.82 Å². The molecule has 0 spiro atoms. The molecule has 3 aromatic rings. The number of hydrogen-bond acceptors (Lipinski definition) is 4. The number of imidazole rings is 1. The first-order chi connectivity index (χ1) is 13.1. The molecule has 0 saturated heterocycles. The lowest BCUT2D eigenvalue weighted by Gasteiger charge is -2.17. The highest BCUT2D eigenvalue weighted by Crippen LogP contribution is 2.25. The molecule has 1 amide bonds. The van der Waals surface area contributed by atoms with E-state index in [1.54, 1.807) is 19.4 Å². The van der Waals surface area contributed by atoms with Gasteiger partial charge in [0.1, 0.15) is 23.1 Å². The molecule has 29 heavy (non-hydrogen) atoms. The van der Waals surface area contributed by atoms with Gasteiger partial charge < -0.3 is 20.4 Å². The fraction of sp³-hybridized carbons (Fsp3) is 0.200. The van der Waals surface area contributed by atoms with Crippen molar-refractivity contribution >= 4 is 30.7 Å². The summed E-state index contributed by atoms with van der Waals surface area (Å²) in [7, 11) is 1.59. The molecule has 156 valence electrons. The Bertz CT molecular complexity index is 905. The van der Waals surface area contributed by atoms with Crippen LogP contribution >= 0.6 is 24.8 Å². The zero-order valence-corrected chi connectivity index (χ0v) is 17.4. The molecule has 0 unspecified atom stereocenters. The first-order valence-corrected chi connectivity index (χ1v) is 8.57. The fourth-order valence-corrected chi connectivity index (χ4v) is 2.65. The summed E-state index contributed by atoms with van der Waals surface area (Å²) in [5, 5.41) is 0. The standard InChI is InChI=1S/C20H21FN4O2.2ClH/c1-25(13-19-23-10-11-24-19)20(26)17-12-16(6-7-18(17)21)27-15-4-2-14(3-5-15)8-9-22;;/h2-7,10-12H,8-9,13,22H2,1H3,(H,23,24);2*1H. The number of halogens is 3. The Balaban J connectivity index is 0.00000210. The number of aromatic nitrogens is 2. The van der Waals surface area contributed by atoms with Crippen LogP contribution in [0.25, 0.3) is 0 Å². The summed E-state index contributed by atoms with van der Waals surface area (Å²) < 4.78 is 20.0. The maximum absolute atomic E-state index is 14.2. The van der Waals surface area contributed by atoms with Crippen LogP contribution in [-0.4, -0.2) is 34.4 Å². The molecule has 1 heterocycles. The number of aromatic amines is 1. The van der Waals surface area contributed by atoms with Crippen molar-refractivity contribution in [2.75, 3.05) is 13.6 Å². The lowest BCUT2D eigenvalue weighted by molar-refractivity contribution is 0.0777. The summed E-state index contributed by atoms with van der Waals surface area (Å²) in [5.41, 5.74) is 6.60. The number of amides is 1. The highest BCUT2D eigenvalue weighted by Gasteiger charge is 2.18. The van der Waals surface area contributed by atoms with Gasteiger partial charge in [-0.2, -0.15) is 0 Å². The SMILES string of the molecule is CN(Cc1ncc[nH]1)C(=O)c1cc(Oc2ccc(CCN)cc2)ccc1F.Cl.Cl. The first-order valence-electron chi connectivity index (χ1n) is 8.57. The Kier molecular flexibility index (Phi) is 9.61. The predicted molar refractivity (Wildman–Crippen MR) is 115 cm³/mol. The molecule has 0 aliphatic rings. The van der Waals surface area contributed by atoms with Gasteiger partial charge >= 0.3 is 0 Å². The summed E-state index contributed by atoms with van der Waals surface area (Å²) >= 11 is 0. The van der Waals surface area contributed by atoms with Crippen molar-refractivity contribution in [3.8, 4) is 11.5 Å². The average molecular weight is 441 g/mol. The van der Waals surface area contributed by atoms with Gasteiger partial charge in [0, 0.05) is 19.4 Å². The van der Waals surface area contributed by atoms with Gasteiger partial charge in [-0.05, 0) is 48.9 Å². The molecule has 3 rings (SSSR count). The Morgan fingerprint density at radius 3 is 2.48 bits per heavy atom. The van der Waals surface area contributed by atoms with E-state index in [2.05, 4.69) is 9.97 Å². The number of ether oxygens (including phenoxy) is 1. The van der Waals surface area contributed by atoms with E-state index in [9.17, 15) is 9.18 Å². The summed E-state index contributed by atoms with van der Waals surface area (Å²) in [6.45, 7) is 0.828. The molecule has 0 bridgehead atoms. The van der Waals surface area contributed by atoms with Crippen LogP contribution in [0.4, 0.5) is 4.39 Å². The Labute approximate surface area is 181 Å². The van der Waals surface area contributed by atoms with Crippen molar-refractivity contribution in [2.24, 2.45) is 5.73 Å². The van der Waals surface area contributed by atoms with Crippen molar-refractivity contribution in [1.82, 2.24) is 14.9 Å². The quantitative estimate of drug-likeness (QED) is 0.582. The summed E-state index contributed by atoms with van der Waals surface area (Å²) in [6.07, 6.45) is 4.06. The smallest absolute Gasteiger partial charge is 0.257 e. The van der Waals surface area contributed by atoms with Crippen LogP contribution in [0.3, 0.4) is 0 Å². The van der Waals surface area contributed by atoms with E-state index in [-0.39, 0.29) is 36.9 Å². The lowest BCUT2D eigenvalue weighted by Crippen LogP contribution is -2.27. The van der Waals surface area contributed by atoms with Gasteiger partial charge in [-0.15, -0.1) is 24.8 Å². The van der Waals surface area contributed by atoms with E-state index in [1.807, 2.05) is 24.3 Å². The number of carbonyl (C=O) groups is 1. The van der Waals surface area contributed by atoms with Gasteiger partial charge in [-0.25, -0.2) is 9.37 Å². The van der Waals surface area contributed by atoms with E-state index in [0.717, 1.165) is 12.0 Å². The van der Waals surface area contributed by atoms with E-state index < -0.39 is 11.7 Å². The highest BCUT2D eigenvalue weighted by molar-refractivity contribution is 5.94. The lowest BCUT2D eigenvalue weighted by atomic mass is 10.1. The maximum Gasteiger partial charge on any atom is 0.257 e. The zero-order chi connectivity index (χ0) is 19.2. The van der Waals surface area contributed by atoms with E-state index in [4.69, 9.17) is 10.5 Å². The number of nitrogens with one attached hydrogen (secondary N) is 1. The largest absolute Gasteiger partial charge is 0.457 e. The van der Waals surface area contributed by atoms with Crippen molar-refractivity contribution in [3.63, 3.8) is 0 Å². The molecule has 0 saturated carbocycles. The third-order valence-corrected chi connectivity index (χ3v) is 4.05. The number of carbonyl (C=O) groups excluding carboxylic acids is 1. The molecular formula is C20H23Cl2FN4O2. The molecule has 0 fully saturated rings. The third-order valence-electron chi connectivity index (χ3n) is 4.05. The summed E-state index contributed by atoms with van der Waals surface area (Å²) in [6, 6.07) is 11.6. The van der Waals surface area contributed by atoms with Crippen molar-refractivity contribution < 1.29 is 13.9 Å². The van der Waals surface area contributed by atoms with Gasteiger partial charge in [0.05, 0.1) is 12.1 Å². The van der Waals surface area contributed by atoms with E-state index in [0.29, 0.717) is 23.9 Å². The van der Waals surface area contributed by atoms with Crippen LogP contribution < -0.4 is 10.5 Å². The number of benzene rings is 2. The molecule has 0 aliphatic carbocycles. The topological polar surface area (TPSA) is 84.2 Å². The molecule has 6 nitrogen and oxygen atoms in total. The first kappa shape index (κ1) is 24.4. The number of nitrogens with two attached hydrogens (primary N) is 1. The van der Waals surface area contributed by atoms with E-state index in [1.165, 1.54) is 23.1 Å². The molecule has 9 heteroatoms. The molecule has 3 N–H and O–H groups in total. The minimum atomic E-state index is -0.600. The van der Waals surface area contributed by atoms with Gasteiger partial charge in [-0.1, -0.05) is 12.1 Å². The van der Waals surface area contributed by atoms with Gasteiger partial charge in [0.2, 0.25) is 0 Å². The number of nitrogens with zero attached hydrogens (tertiary/aromatic N) is 2. The van der Waals surface area contributed by atoms with Crippen LogP contribution in [0.1, 0.15) is 21.7 Å². The molecule has 0 radical (unpaired) electrons. The highest BCUT2D eigenvalue weighted by atomic mass is 35.5. The number of rotatable bonds is 7. The maximum atomic E-state index is 14.2. The Morgan fingerprint density at radius 1 is 1.17 bits per heavy atom. The molecule has 2 aromatic carbocycles. The van der Waals surface area contributed by atoms with Crippen LogP contribution in [0.15, 0.2) is 54.9 Å². The normalized spacial score (nSPS) is 9.90. The van der Waals surface area contributed by atoms with E-state index >= 15 is 0 Å². The van der Waals surface area contributed by atoms with Crippen molar-refractivity contribution in [1.29, 1.82) is 0 Å². The van der Waals surface area contributed by atoms with Gasteiger partial charge in [-0.3, -0.25) is 4.79 Å². The second-order valence-electron chi connectivity index (χ2n) is 6.12. The predicted octanol–water partition coefficient (Wildman–Crippen LogP) is 3.96. The Morgan fingerprint density at radius 2 is 1.86 bits per heavy atom. The zero-order valence-electron chi connectivity index (χ0n) is 15.8. The monoisotopic (exact) mass is 440 g/mol. The van der Waals surface area contributed by atoms with Crippen molar-refractivity contribution in [2.45, 2.75) is 13.0 Å². The molecule has 0 atom stereocenters. The van der Waals surface area contributed by atoms with Crippen LogP contribution in [-0.2, 0) is 13.0 Å². The van der Waals surface area contributed by atoms with Crippen LogP contribution in [0.5, 0.6) is 11.5 Å². The fourth-order valence-electron chi connectivity index (χ4n) is 2.65. The average Bonchev–Trinajstić information content (AvgIpc) is 3.17. The summed E-state index contributed by atoms with van der Waals surface area (Å²) in [5.74, 6) is 0.559. The molecule has 0 aliphatic heterocycles. The third kappa shape index (κ3) is 6.45. The molecular weight excluding hydrogens is 418 g/mol. The van der Waals surface area contributed by atoms with Crippen LogP contribution in [0.2, 0.25) is 0 Å². The van der Waals surface area contributed by atoms with Crippen molar-refractivity contribution in [3.05, 3.63) is 77.6 Å². The molecule has 1 aromatic heterocycles.